The molecule has 4 aromatic rings. The van der Waals surface area contributed by atoms with Crippen molar-refractivity contribution in [3.05, 3.63) is 107 Å². The molecule has 0 spiro atoms. The van der Waals surface area contributed by atoms with E-state index in [9.17, 15) is 10.1 Å². The summed E-state index contributed by atoms with van der Waals surface area (Å²) in [5, 5.41) is 17.7. The summed E-state index contributed by atoms with van der Waals surface area (Å²) in [5.41, 5.74) is 3.79. The van der Waals surface area contributed by atoms with E-state index in [1.54, 1.807) is 47.5 Å². The number of carbonyl (C=O) groups excluding carboxylic acids is 1. The van der Waals surface area contributed by atoms with Crippen LogP contribution >= 0.6 is 11.6 Å². The molecule has 0 aliphatic heterocycles. The summed E-state index contributed by atoms with van der Waals surface area (Å²) < 4.78 is 1.72. The summed E-state index contributed by atoms with van der Waals surface area (Å²) in [6.07, 6.45) is 6.67. The second kappa shape index (κ2) is 9.73. The normalized spacial score (nSPS) is 11.1. The highest BCUT2D eigenvalue weighted by molar-refractivity contribution is 6.30. The van der Waals surface area contributed by atoms with Crippen molar-refractivity contribution in [2.24, 2.45) is 0 Å². The number of benzene rings is 2. The summed E-state index contributed by atoms with van der Waals surface area (Å²) in [4.78, 5) is 16.7. The van der Waals surface area contributed by atoms with Gasteiger partial charge < -0.3 is 5.32 Å². The van der Waals surface area contributed by atoms with Crippen molar-refractivity contribution in [3.8, 4) is 23.0 Å². The second-order valence-corrected chi connectivity index (χ2v) is 7.37. The molecule has 1 N–H and O–H groups in total. The molecule has 0 bridgehead atoms. The van der Waals surface area contributed by atoms with Crippen molar-refractivity contribution >= 4 is 23.6 Å². The highest BCUT2D eigenvalue weighted by Crippen LogP contribution is 2.27. The predicted octanol–water partition coefficient (Wildman–Crippen LogP) is 4.81. The molecule has 1 amide bonds. The van der Waals surface area contributed by atoms with E-state index >= 15 is 0 Å². The zero-order chi connectivity index (χ0) is 22.3. The van der Waals surface area contributed by atoms with Crippen molar-refractivity contribution in [2.75, 3.05) is 0 Å². The molecule has 2 heterocycles. The molecule has 156 valence electrons. The molecular formula is C25H18ClN5O. The van der Waals surface area contributed by atoms with Crippen LogP contribution in [0.1, 0.15) is 11.1 Å². The van der Waals surface area contributed by atoms with Crippen LogP contribution in [0.2, 0.25) is 5.02 Å². The average Bonchev–Trinajstić information content (AvgIpc) is 3.26. The lowest BCUT2D eigenvalue weighted by Gasteiger charge is -2.04. The number of nitriles is 1. The Bertz CT molecular complexity index is 1290. The Morgan fingerprint density at radius 2 is 1.88 bits per heavy atom. The molecule has 0 saturated carbocycles. The fraction of sp³-hybridized carbons (Fsp3) is 0.0400. The second-order valence-electron chi connectivity index (χ2n) is 6.93. The van der Waals surface area contributed by atoms with E-state index in [0.29, 0.717) is 16.3 Å². The minimum atomic E-state index is -0.467. The number of amides is 1. The molecule has 0 saturated heterocycles. The molecule has 0 unspecified atom stereocenters. The lowest BCUT2D eigenvalue weighted by Crippen LogP contribution is -2.24. The van der Waals surface area contributed by atoms with Gasteiger partial charge >= 0.3 is 0 Å². The monoisotopic (exact) mass is 439 g/mol. The van der Waals surface area contributed by atoms with Gasteiger partial charge in [-0.1, -0.05) is 48.0 Å². The molecule has 4 rings (SSSR count). The van der Waals surface area contributed by atoms with Crippen LogP contribution in [0.5, 0.6) is 0 Å². The highest BCUT2D eigenvalue weighted by Gasteiger charge is 2.15. The summed E-state index contributed by atoms with van der Waals surface area (Å²) in [5.74, 6) is -0.467. The summed E-state index contributed by atoms with van der Waals surface area (Å²) in [6.45, 7) is 0.277. The van der Waals surface area contributed by atoms with E-state index in [4.69, 9.17) is 16.7 Å². The van der Waals surface area contributed by atoms with Crippen LogP contribution in [0, 0.1) is 11.3 Å². The van der Waals surface area contributed by atoms with Gasteiger partial charge in [-0.25, -0.2) is 4.68 Å². The topological polar surface area (TPSA) is 83.6 Å². The van der Waals surface area contributed by atoms with Crippen LogP contribution in [-0.2, 0) is 11.3 Å². The van der Waals surface area contributed by atoms with Crippen LogP contribution in [0.3, 0.4) is 0 Å². The third-order valence-electron chi connectivity index (χ3n) is 4.72. The number of halogens is 1. The Kier molecular flexibility index (Phi) is 6.40. The summed E-state index contributed by atoms with van der Waals surface area (Å²) >= 11 is 6.04. The molecule has 0 aliphatic carbocycles. The van der Waals surface area contributed by atoms with Crippen molar-refractivity contribution in [2.45, 2.75) is 6.54 Å². The summed E-state index contributed by atoms with van der Waals surface area (Å²) in [7, 11) is 0. The van der Waals surface area contributed by atoms with Crippen LogP contribution in [-0.4, -0.2) is 20.7 Å². The van der Waals surface area contributed by atoms with Gasteiger partial charge in [0.05, 0.1) is 11.4 Å². The average molecular weight is 440 g/mol. The number of nitrogens with one attached hydrogen (secondary N) is 1. The molecule has 0 fully saturated rings. The molecule has 32 heavy (non-hydrogen) atoms. The standard InChI is InChI=1S/C25H18ClN5O/c26-22-10-8-19(9-11-22)24-21(17-31(30-24)23-6-2-1-3-7-23)13-20(14-27)25(32)29-16-18-5-4-12-28-15-18/h1-13,15,17H,16H2,(H,29,32)/b20-13+. The highest BCUT2D eigenvalue weighted by atomic mass is 35.5. The Balaban J connectivity index is 1.69. The number of hydrogen-bond acceptors (Lipinski definition) is 4. The molecule has 2 aromatic carbocycles. The number of carbonyl (C=O) groups is 1. The third kappa shape index (κ3) is 4.91. The molecule has 6 nitrogen and oxygen atoms in total. The zero-order valence-corrected chi connectivity index (χ0v) is 17.7. The van der Waals surface area contributed by atoms with Crippen molar-refractivity contribution in [3.63, 3.8) is 0 Å². The fourth-order valence-corrected chi connectivity index (χ4v) is 3.25. The molecule has 0 atom stereocenters. The summed E-state index contributed by atoms with van der Waals surface area (Å²) in [6, 6.07) is 22.5. The van der Waals surface area contributed by atoms with E-state index in [2.05, 4.69) is 10.3 Å². The molecule has 2 aromatic heterocycles. The van der Waals surface area contributed by atoms with Gasteiger partial charge in [0.25, 0.3) is 5.91 Å². The van der Waals surface area contributed by atoms with Crippen LogP contribution in [0.4, 0.5) is 0 Å². The van der Waals surface area contributed by atoms with Gasteiger partial charge in [0.2, 0.25) is 0 Å². The molecule has 0 aliphatic rings. The predicted molar refractivity (Wildman–Crippen MR) is 124 cm³/mol. The van der Waals surface area contributed by atoms with Crippen LogP contribution in [0.15, 0.2) is 90.9 Å². The minimum Gasteiger partial charge on any atom is -0.347 e. The van der Waals surface area contributed by atoms with Crippen molar-refractivity contribution < 1.29 is 4.79 Å². The number of hydrogen-bond donors (Lipinski definition) is 1. The van der Waals surface area contributed by atoms with Gasteiger partial charge in [-0.2, -0.15) is 10.4 Å². The maximum Gasteiger partial charge on any atom is 0.262 e. The Hall–Kier alpha value is -4.21. The van der Waals surface area contributed by atoms with E-state index in [1.165, 1.54) is 0 Å². The Labute approximate surface area is 190 Å². The van der Waals surface area contributed by atoms with Gasteiger partial charge in [0, 0.05) is 41.3 Å². The van der Waals surface area contributed by atoms with E-state index in [-0.39, 0.29) is 12.1 Å². The first kappa shape index (κ1) is 21.0. The lowest BCUT2D eigenvalue weighted by atomic mass is 10.1. The van der Waals surface area contributed by atoms with Gasteiger partial charge in [-0.05, 0) is 42.0 Å². The number of rotatable bonds is 6. The van der Waals surface area contributed by atoms with E-state index < -0.39 is 5.91 Å². The number of aromatic nitrogens is 3. The zero-order valence-electron chi connectivity index (χ0n) is 16.9. The Morgan fingerprint density at radius 1 is 1.09 bits per heavy atom. The first-order valence-corrected chi connectivity index (χ1v) is 10.2. The van der Waals surface area contributed by atoms with E-state index in [1.807, 2.05) is 54.6 Å². The Morgan fingerprint density at radius 3 is 2.56 bits per heavy atom. The number of nitrogens with zero attached hydrogens (tertiary/aromatic N) is 4. The van der Waals surface area contributed by atoms with E-state index in [0.717, 1.165) is 16.8 Å². The largest absolute Gasteiger partial charge is 0.347 e. The molecule has 7 heteroatoms. The van der Waals surface area contributed by atoms with Crippen molar-refractivity contribution in [1.82, 2.24) is 20.1 Å². The van der Waals surface area contributed by atoms with Gasteiger partial charge in [-0.3, -0.25) is 9.78 Å². The lowest BCUT2D eigenvalue weighted by molar-refractivity contribution is -0.117. The maximum absolute atomic E-state index is 12.7. The first-order chi connectivity index (χ1) is 15.6. The van der Waals surface area contributed by atoms with Crippen molar-refractivity contribution in [1.29, 1.82) is 5.26 Å². The number of pyridine rings is 1. The molecular weight excluding hydrogens is 422 g/mol. The van der Waals surface area contributed by atoms with Gasteiger partial charge in [0.15, 0.2) is 0 Å². The van der Waals surface area contributed by atoms with Crippen LogP contribution in [0.25, 0.3) is 23.0 Å². The minimum absolute atomic E-state index is 0.0169. The molecule has 0 radical (unpaired) electrons. The fourth-order valence-electron chi connectivity index (χ4n) is 3.12. The van der Waals surface area contributed by atoms with Gasteiger partial charge in [-0.15, -0.1) is 0 Å². The smallest absolute Gasteiger partial charge is 0.262 e. The number of para-hydroxylation sites is 1. The maximum atomic E-state index is 12.7. The van der Waals surface area contributed by atoms with Crippen LogP contribution < -0.4 is 5.32 Å². The quantitative estimate of drug-likeness (QED) is 0.345. The first-order valence-electron chi connectivity index (χ1n) is 9.84. The SMILES string of the molecule is N#C/C(=C\c1cn(-c2ccccc2)nc1-c1ccc(Cl)cc1)C(=O)NCc1cccnc1. The van der Waals surface area contributed by atoms with Gasteiger partial charge in [0.1, 0.15) is 11.6 Å². The third-order valence-corrected chi connectivity index (χ3v) is 4.97.